The highest BCUT2D eigenvalue weighted by Gasteiger charge is 2.81. The van der Waals surface area contributed by atoms with Crippen molar-refractivity contribution < 1.29 is 27.5 Å². The summed E-state index contributed by atoms with van der Waals surface area (Å²) in [4.78, 5) is 26.0. The fourth-order valence-corrected chi connectivity index (χ4v) is 6.37. The van der Waals surface area contributed by atoms with E-state index in [1.807, 2.05) is 0 Å². The maximum atomic E-state index is 13.5. The summed E-state index contributed by atoms with van der Waals surface area (Å²) in [5.41, 5.74) is -1.58. The van der Waals surface area contributed by atoms with Crippen LogP contribution < -0.4 is 0 Å². The zero-order chi connectivity index (χ0) is 22.1. The molecule has 0 spiro atoms. The van der Waals surface area contributed by atoms with E-state index in [2.05, 4.69) is 0 Å². The van der Waals surface area contributed by atoms with Gasteiger partial charge in [-0.05, 0) is 55.8 Å². The zero-order valence-corrected chi connectivity index (χ0v) is 18.6. The van der Waals surface area contributed by atoms with Crippen molar-refractivity contribution in [2.75, 3.05) is 13.2 Å². The van der Waals surface area contributed by atoms with Crippen molar-refractivity contribution in [2.24, 2.45) is 5.41 Å². The molecular weight excluding hydrogens is 451 g/mol. The van der Waals surface area contributed by atoms with Gasteiger partial charge in [0.25, 0.3) is 0 Å². The Hall–Kier alpha value is -2.09. The topological polar surface area (TPSA) is 86.7 Å². The number of esters is 2. The molecule has 2 aromatic carbocycles. The molecule has 2 atom stereocenters. The molecule has 0 saturated heterocycles. The van der Waals surface area contributed by atoms with Crippen LogP contribution in [0.4, 0.5) is 0 Å². The molecule has 0 aliphatic heterocycles. The number of hydrogen-bond acceptors (Lipinski definition) is 6. The molecule has 9 heteroatoms. The molecule has 1 aliphatic rings. The van der Waals surface area contributed by atoms with E-state index in [9.17, 15) is 18.0 Å². The average molecular weight is 471 g/mol. The normalized spacial score (nSPS) is 19.7. The molecule has 30 heavy (non-hydrogen) atoms. The van der Waals surface area contributed by atoms with Crippen LogP contribution in [-0.2, 0) is 28.9 Å². The van der Waals surface area contributed by atoms with Crippen molar-refractivity contribution in [3.63, 3.8) is 0 Å². The summed E-state index contributed by atoms with van der Waals surface area (Å²) in [7, 11) is -4.13. The van der Waals surface area contributed by atoms with Crippen LogP contribution in [0.3, 0.4) is 0 Å². The van der Waals surface area contributed by atoms with E-state index >= 15 is 0 Å². The number of sulfone groups is 1. The first-order valence-electron chi connectivity index (χ1n) is 9.30. The van der Waals surface area contributed by atoms with Gasteiger partial charge in [0.15, 0.2) is 15.3 Å². The summed E-state index contributed by atoms with van der Waals surface area (Å²) in [5.74, 6) is -2.87. The van der Waals surface area contributed by atoms with Crippen LogP contribution in [0.15, 0.2) is 53.4 Å². The third-order valence-electron chi connectivity index (χ3n) is 5.04. The molecule has 160 valence electrons. The summed E-state index contributed by atoms with van der Waals surface area (Å²) < 4.78 is 37.3. The number of benzene rings is 2. The smallest absolute Gasteiger partial charge is 0.325 e. The van der Waals surface area contributed by atoms with Crippen LogP contribution in [0, 0.1) is 5.41 Å². The Kier molecular flexibility index (Phi) is 6.45. The van der Waals surface area contributed by atoms with Gasteiger partial charge in [-0.15, -0.1) is 0 Å². The Labute approximate surface area is 185 Å². The summed E-state index contributed by atoms with van der Waals surface area (Å²) >= 11 is 12.0. The minimum Gasteiger partial charge on any atom is -0.465 e. The standard InChI is InChI=1S/C21H20Cl2O6S/c1-3-28-19(24)21(20(25)29-4-2)17(13-6-5-7-15(23)12-13)18(21)30(26,27)16-10-8-14(22)9-11-16/h5-12,17-18H,3-4H2,1-2H3/t17-,18-/m0/s1. The van der Waals surface area contributed by atoms with Crippen LogP contribution in [0.5, 0.6) is 0 Å². The number of rotatable bonds is 7. The highest BCUT2D eigenvalue weighted by Crippen LogP contribution is 2.65. The van der Waals surface area contributed by atoms with Gasteiger partial charge in [-0.2, -0.15) is 0 Å². The number of hydrogen-bond donors (Lipinski definition) is 0. The average Bonchev–Trinajstić information content (AvgIpc) is 3.41. The first-order chi connectivity index (χ1) is 14.2. The van der Waals surface area contributed by atoms with Gasteiger partial charge in [0.05, 0.1) is 18.1 Å². The number of halogens is 2. The van der Waals surface area contributed by atoms with Crippen LogP contribution in [0.2, 0.25) is 10.0 Å². The molecule has 0 bridgehead atoms. The molecule has 0 aromatic heterocycles. The lowest BCUT2D eigenvalue weighted by Gasteiger charge is -2.15. The summed E-state index contributed by atoms with van der Waals surface area (Å²) in [6.45, 7) is 3.12. The number of ether oxygens (including phenoxy) is 2. The molecule has 0 N–H and O–H groups in total. The van der Waals surface area contributed by atoms with Crippen molar-refractivity contribution in [3.05, 3.63) is 64.1 Å². The quantitative estimate of drug-likeness (QED) is 0.448. The van der Waals surface area contributed by atoms with Crippen molar-refractivity contribution in [1.82, 2.24) is 0 Å². The zero-order valence-electron chi connectivity index (χ0n) is 16.3. The predicted molar refractivity (Wildman–Crippen MR) is 112 cm³/mol. The Morgan fingerprint density at radius 1 is 0.933 bits per heavy atom. The van der Waals surface area contributed by atoms with Crippen LogP contribution in [0.25, 0.3) is 0 Å². The number of carbonyl (C=O) groups excluding carboxylic acids is 2. The Morgan fingerprint density at radius 2 is 1.50 bits per heavy atom. The first-order valence-corrected chi connectivity index (χ1v) is 11.6. The number of carbonyl (C=O) groups is 2. The Bertz CT molecular complexity index is 1050. The minimum absolute atomic E-state index is 0.0179. The highest BCUT2D eigenvalue weighted by atomic mass is 35.5. The minimum atomic E-state index is -4.13. The molecular formula is C21H20Cl2O6S. The van der Waals surface area contributed by atoms with Crippen LogP contribution >= 0.6 is 23.2 Å². The fraction of sp³-hybridized carbons (Fsp3) is 0.333. The summed E-state index contributed by atoms with van der Waals surface area (Å²) in [6.07, 6.45) is 0. The molecule has 0 heterocycles. The van der Waals surface area contributed by atoms with E-state index in [0.29, 0.717) is 15.6 Å². The van der Waals surface area contributed by atoms with Crippen molar-refractivity contribution in [2.45, 2.75) is 29.9 Å². The second kappa shape index (κ2) is 8.57. The second-order valence-corrected chi connectivity index (χ2v) is 9.70. The first kappa shape index (κ1) is 22.6. The molecule has 0 unspecified atom stereocenters. The van der Waals surface area contributed by atoms with Crippen molar-refractivity contribution >= 4 is 45.0 Å². The van der Waals surface area contributed by atoms with Gasteiger partial charge in [-0.3, -0.25) is 9.59 Å². The second-order valence-electron chi connectivity index (χ2n) is 6.76. The third-order valence-corrected chi connectivity index (χ3v) is 7.77. The fourth-order valence-electron chi connectivity index (χ4n) is 3.76. The highest BCUT2D eigenvalue weighted by molar-refractivity contribution is 7.92. The van der Waals surface area contributed by atoms with Gasteiger partial charge >= 0.3 is 11.9 Å². The Balaban J connectivity index is 2.21. The molecule has 6 nitrogen and oxygen atoms in total. The van der Waals surface area contributed by atoms with Crippen LogP contribution in [0.1, 0.15) is 25.3 Å². The van der Waals surface area contributed by atoms with Gasteiger partial charge in [0, 0.05) is 16.0 Å². The summed E-state index contributed by atoms with van der Waals surface area (Å²) in [5, 5.41) is -0.690. The maximum Gasteiger partial charge on any atom is 0.325 e. The van der Waals surface area contributed by atoms with E-state index in [-0.39, 0.29) is 18.1 Å². The van der Waals surface area contributed by atoms with Crippen molar-refractivity contribution in [1.29, 1.82) is 0 Å². The van der Waals surface area contributed by atoms with Gasteiger partial charge in [0.2, 0.25) is 0 Å². The van der Waals surface area contributed by atoms with Gasteiger partial charge in [-0.25, -0.2) is 8.42 Å². The maximum absolute atomic E-state index is 13.5. The lowest BCUT2D eigenvalue weighted by molar-refractivity contribution is -0.164. The SMILES string of the molecule is CCOC(=O)C1(C(=O)OCC)[C@@H](c2cccc(Cl)c2)[C@@H]1S(=O)(=O)c1ccc(Cl)cc1. The Morgan fingerprint density at radius 3 is 2.00 bits per heavy atom. The molecule has 1 fully saturated rings. The lowest BCUT2D eigenvalue weighted by atomic mass is 9.99. The van der Waals surface area contributed by atoms with Gasteiger partial charge in [-0.1, -0.05) is 35.3 Å². The van der Waals surface area contributed by atoms with E-state index in [1.54, 1.807) is 32.0 Å². The molecule has 0 radical (unpaired) electrons. The van der Waals surface area contributed by atoms with E-state index in [1.165, 1.54) is 30.3 Å². The monoisotopic (exact) mass is 470 g/mol. The summed E-state index contributed by atoms with van der Waals surface area (Å²) in [6, 6.07) is 12.0. The van der Waals surface area contributed by atoms with Crippen molar-refractivity contribution in [3.8, 4) is 0 Å². The van der Waals surface area contributed by atoms with Gasteiger partial charge in [0.1, 0.15) is 5.25 Å². The lowest BCUT2D eigenvalue weighted by Crippen LogP contribution is -2.35. The van der Waals surface area contributed by atoms with Gasteiger partial charge < -0.3 is 9.47 Å². The molecule has 1 aliphatic carbocycles. The molecule has 3 rings (SSSR count). The largest absolute Gasteiger partial charge is 0.465 e. The van der Waals surface area contributed by atoms with E-state index in [4.69, 9.17) is 32.7 Å². The van der Waals surface area contributed by atoms with E-state index in [0.717, 1.165) is 0 Å². The van der Waals surface area contributed by atoms with Crippen LogP contribution in [-0.4, -0.2) is 38.8 Å². The molecule has 1 saturated carbocycles. The molecule has 0 amide bonds. The predicted octanol–water partition coefficient (Wildman–Crippen LogP) is 4.05. The van der Waals surface area contributed by atoms with E-state index < -0.39 is 38.4 Å². The third kappa shape index (κ3) is 3.70. The molecule has 2 aromatic rings.